The minimum atomic E-state index is 0.724. The summed E-state index contributed by atoms with van der Waals surface area (Å²) in [6, 6.07) is 0. The summed E-state index contributed by atoms with van der Waals surface area (Å²) in [6.07, 6.45) is 7.40. The Morgan fingerprint density at radius 3 is 2.70 bits per heavy atom. The summed E-state index contributed by atoms with van der Waals surface area (Å²) < 4.78 is 0. The van der Waals surface area contributed by atoms with E-state index in [-0.39, 0.29) is 0 Å². The first-order valence-corrected chi connectivity index (χ1v) is 3.86. The zero-order valence-corrected chi connectivity index (χ0v) is 6.77. The van der Waals surface area contributed by atoms with E-state index in [1.807, 2.05) is 6.08 Å². The highest BCUT2D eigenvalue weighted by Gasteiger charge is 1.87. The second-order valence-electron chi connectivity index (χ2n) is 2.31. The Morgan fingerprint density at radius 2 is 2.30 bits per heavy atom. The van der Waals surface area contributed by atoms with Crippen LogP contribution >= 0.6 is 0 Å². The molecule has 0 aliphatic rings. The van der Waals surface area contributed by atoms with Crippen LogP contribution in [0, 0.1) is 0 Å². The van der Waals surface area contributed by atoms with Gasteiger partial charge in [-0.2, -0.15) is 0 Å². The zero-order chi connectivity index (χ0) is 7.82. The van der Waals surface area contributed by atoms with E-state index in [0.717, 1.165) is 19.4 Å². The molecule has 0 saturated heterocycles. The molecular weight excluding hydrogens is 122 g/mol. The molecule has 10 heavy (non-hydrogen) atoms. The molecule has 58 valence electrons. The molecule has 0 radical (unpaired) electrons. The maximum absolute atomic E-state index is 5.39. The van der Waals surface area contributed by atoms with Crippen LogP contribution in [0.25, 0.3) is 0 Å². The van der Waals surface area contributed by atoms with Crippen molar-refractivity contribution >= 4 is 0 Å². The third kappa shape index (κ3) is 4.33. The Kier molecular flexibility index (Phi) is 6.19. The lowest BCUT2D eigenvalue weighted by atomic mass is 10.1. The molecule has 1 nitrogen and oxygen atoms in total. The van der Waals surface area contributed by atoms with Crippen LogP contribution in [0.15, 0.2) is 24.3 Å². The van der Waals surface area contributed by atoms with Gasteiger partial charge in [0, 0.05) is 0 Å². The van der Waals surface area contributed by atoms with Crippen LogP contribution in [0.4, 0.5) is 0 Å². The largest absolute Gasteiger partial charge is 0.330 e. The van der Waals surface area contributed by atoms with Crippen LogP contribution in [-0.4, -0.2) is 6.54 Å². The minimum Gasteiger partial charge on any atom is -0.330 e. The van der Waals surface area contributed by atoms with Crippen molar-refractivity contribution in [3.63, 3.8) is 0 Å². The molecule has 0 bridgehead atoms. The number of nitrogens with two attached hydrogens (primary N) is 1. The van der Waals surface area contributed by atoms with E-state index >= 15 is 0 Å². The molecule has 0 amide bonds. The van der Waals surface area contributed by atoms with Gasteiger partial charge in [-0.05, 0) is 19.4 Å². The fourth-order valence-electron chi connectivity index (χ4n) is 0.784. The lowest BCUT2D eigenvalue weighted by molar-refractivity contribution is 0.919. The van der Waals surface area contributed by atoms with E-state index in [1.54, 1.807) is 0 Å². The van der Waals surface area contributed by atoms with Crippen LogP contribution in [0.3, 0.4) is 0 Å². The Bertz CT molecular complexity index is 114. The molecule has 1 heteroatoms. The quantitative estimate of drug-likeness (QED) is 0.581. The summed E-state index contributed by atoms with van der Waals surface area (Å²) in [5.41, 5.74) is 6.67. The number of allylic oxidation sites excluding steroid dienone is 2. The molecule has 0 aromatic heterocycles. The second kappa shape index (κ2) is 6.56. The highest BCUT2D eigenvalue weighted by Crippen LogP contribution is 2.03. The van der Waals surface area contributed by atoms with Crippen LogP contribution in [0.5, 0.6) is 0 Å². The molecule has 0 heterocycles. The molecule has 0 saturated carbocycles. The first-order valence-electron chi connectivity index (χ1n) is 3.86. The summed E-state index contributed by atoms with van der Waals surface area (Å²) in [5, 5.41) is 0. The van der Waals surface area contributed by atoms with Gasteiger partial charge in [-0.1, -0.05) is 37.6 Å². The fraction of sp³-hybridized carbons (Fsp3) is 0.556. The summed E-state index contributed by atoms with van der Waals surface area (Å²) in [7, 11) is 0. The van der Waals surface area contributed by atoms with Crippen molar-refractivity contribution in [2.45, 2.75) is 26.2 Å². The van der Waals surface area contributed by atoms with Crippen molar-refractivity contribution in [2.24, 2.45) is 5.73 Å². The van der Waals surface area contributed by atoms with Crippen LogP contribution < -0.4 is 5.73 Å². The molecule has 0 aromatic rings. The number of unbranched alkanes of at least 4 members (excludes halogenated alkanes) is 1. The van der Waals surface area contributed by atoms with Crippen LogP contribution in [0.1, 0.15) is 26.2 Å². The van der Waals surface area contributed by atoms with Gasteiger partial charge in [-0.25, -0.2) is 0 Å². The molecule has 0 aromatic carbocycles. The molecular formula is C9H17N. The van der Waals surface area contributed by atoms with Crippen molar-refractivity contribution in [3.05, 3.63) is 24.3 Å². The first-order chi connectivity index (χ1) is 4.85. The van der Waals surface area contributed by atoms with Crippen molar-refractivity contribution in [2.75, 3.05) is 6.54 Å². The molecule has 2 N–H and O–H groups in total. The van der Waals surface area contributed by atoms with Gasteiger partial charge in [0.1, 0.15) is 0 Å². The summed E-state index contributed by atoms with van der Waals surface area (Å²) >= 11 is 0. The van der Waals surface area contributed by atoms with Crippen molar-refractivity contribution < 1.29 is 0 Å². The van der Waals surface area contributed by atoms with Crippen molar-refractivity contribution in [1.82, 2.24) is 0 Å². The Labute approximate surface area is 63.6 Å². The molecule has 0 fully saturated rings. The van der Waals surface area contributed by atoms with Crippen LogP contribution in [0.2, 0.25) is 0 Å². The second-order valence-corrected chi connectivity index (χ2v) is 2.31. The third-order valence-corrected chi connectivity index (χ3v) is 1.39. The molecule has 0 unspecified atom stereocenters. The highest BCUT2D eigenvalue weighted by molar-refractivity contribution is 5.15. The molecule has 0 atom stereocenters. The van der Waals surface area contributed by atoms with Gasteiger partial charge < -0.3 is 5.73 Å². The number of hydrogen-bond acceptors (Lipinski definition) is 1. The van der Waals surface area contributed by atoms with Crippen molar-refractivity contribution in [3.8, 4) is 0 Å². The minimum absolute atomic E-state index is 0.724. The van der Waals surface area contributed by atoms with E-state index in [1.165, 1.54) is 12.0 Å². The standard InChI is InChI=1S/C9H17N/c1-3-5-6-9(4-2)7-8-10/h4,6H,2-3,5,7-8,10H2,1H3/b9-6-. The number of hydrogen-bond donors (Lipinski definition) is 1. The van der Waals surface area contributed by atoms with Gasteiger partial charge in [-0.15, -0.1) is 0 Å². The zero-order valence-electron chi connectivity index (χ0n) is 6.77. The number of rotatable bonds is 5. The fourth-order valence-corrected chi connectivity index (χ4v) is 0.784. The third-order valence-electron chi connectivity index (χ3n) is 1.39. The van der Waals surface area contributed by atoms with Gasteiger partial charge in [0.15, 0.2) is 0 Å². The lowest BCUT2D eigenvalue weighted by Gasteiger charge is -1.96. The van der Waals surface area contributed by atoms with E-state index < -0.39 is 0 Å². The van der Waals surface area contributed by atoms with E-state index in [0.29, 0.717) is 0 Å². The lowest BCUT2D eigenvalue weighted by Crippen LogP contribution is -1.98. The van der Waals surface area contributed by atoms with Gasteiger partial charge in [0.05, 0.1) is 0 Å². The van der Waals surface area contributed by atoms with Gasteiger partial charge in [0.25, 0.3) is 0 Å². The van der Waals surface area contributed by atoms with Crippen LogP contribution in [-0.2, 0) is 0 Å². The summed E-state index contributed by atoms with van der Waals surface area (Å²) in [4.78, 5) is 0. The van der Waals surface area contributed by atoms with E-state index in [9.17, 15) is 0 Å². The Morgan fingerprint density at radius 1 is 1.60 bits per heavy atom. The monoisotopic (exact) mass is 139 g/mol. The molecule has 0 spiro atoms. The summed E-state index contributed by atoms with van der Waals surface area (Å²) in [5.74, 6) is 0. The van der Waals surface area contributed by atoms with E-state index in [4.69, 9.17) is 5.73 Å². The maximum Gasteiger partial charge on any atom is -0.00368 e. The van der Waals surface area contributed by atoms with Gasteiger partial charge in [-0.3, -0.25) is 0 Å². The molecule has 0 aliphatic carbocycles. The van der Waals surface area contributed by atoms with Gasteiger partial charge >= 0.3 is 0 Å². The Hall–Kier alpha value is -0.560. The maximum atomic E-state index is 5.39. The van der Waals surface area contributed by atoms with Crippen molar-refractivity contribution in [1.29, 1.82) is 0 Å². The average molecular weight is 139 g/mol. The topological polar surface area (TPSA) is 26.0 Å². The highest BCUT2D eigenvalue weighted by atomic mass is 14.5. The smallest absolute Gasteiger partial charge is 0.00368 e. The SMILES string of the molecule is C=C/C(=C/CCC)CCN. The molecule has 0 aliphatic heterocycles. The predicted molar refractivity (Wildman–Crippen MR) is 46.9 cm³/mol. The first kappa shape index (κ1) is 9.44. The van der Waals surface area contributed by atoms with Gasteiger partial charge in [0.2, 0.25) is 0 Å². The summed E-state index contributed by atoms with van der Waals surface area (Å²) in [6.45, 7) is 6.60. The normalized spacial score (nSPS) is 11.6. The van der Waals surface area contributed by atoms with E-state index in [2.05, 4.69) is 19.6 Å². The predicted octanol–water partition coefficient (Wildman–Crippen LogP) is 2.25. The Balaban J connectivity index is 3.66. The average Bonchev–Trinajstić information content (AvgIpc) is 1.98. The molecule has 0 rings (SSSR count).